The molecule has 0 unspecified atom stereocenters. The molecule has 5 heteroatoms. The van der Waals surface area contributed by atoms with E-state index < -0.39 is 6.10 Å². The third-order valence-corrected chi connectivity index (χ3v) is 3.34. The Morgan fingerprint density at radius 2 is 2.29 bits per heavy atom. The third kappa shape index (κ3) is 3.20. The Bertz CT molecular complexity index is 422. The van der Waals surface area contributed by atoms with Crippen molar-refractivity contribution in [2.45, 2.75) is 18.9 Å². The molecule has 0 fully saturated rings. The first-order chi connectivity index (χ1) is 8.19. The highest BCUT2D eigenvalue weighted by Gasteiger charge is 2.15. The number of alkyl halides is 1. The van der Waals surface area contributed by atoms with Crippen LogP contribution < -0.4 is 10.1 Å². The van der Waals surface area contributed by atoms with Gasteiger partial charge in [0, 0.05) is 17.4 Å². The smallest absolute Gasteiger partial charge is 0.224 e. The number of fused-ring (bicyclic) bond motifs is 1. The molecule has 0 aromatic heterocycles. The Kier molecular flexibility index (Phi) is 4.02. The second-order valence-corrected chi connectivity index (χ2v) is 4.63. The summed E-state index contributed by atoms with van der Waals surface area (Å²) in [5, 5.41) is 12.7. The number of rotatable bonds is 4. The SMILES string of the molecule is O=C1CCc2cc(OC[C@H](O)CBr)ccc2N1. The van der Waals surface area contributed by atoms with Gasteiger partial charge in [0.15, 0.2) is 0 Å². The predicted octanol–water partition coefficient (Wildman–Crippen LogP) is 1.71. The van der Waals surface area contributed by atoms with Crippen LogP contribution in [0.4, 0.5) is 5.69 Å². The number of amides is 1. The van der Waals surface area contributed by atoms with Gasteiger partial charge in [0.2, 0.25) is 5.91 Å². The number of carbonyl (C=O) groups is 1. The van der Waals surface area contributed by atoms with Gasteiger partial charge in [-0.15, -0.1) is 0 Å². The summed E-state index contributed by atoms with van der Waals surface area (Å²) in [7, 11) is 0. The lowest BCUT2D eigenvalue weighted by Gasteiger charge is -2.18. The van der Waals surface area contributed by atoms with Crippen LogP contribution >= 0.6 is 15.9 Å². The molecule has 4 nitrogen and oxygen atoms in total. The monoisotopic (exact) mass is 299 g/mol. The maximum absolute atomic E-state index is 11.2. The first-order valence-electron chi connectivity index (χ1n) is 5.48. The molecule has 0 saturated heterocycles. The molecule has 0 spiro atoms. The number of nitrogens with one attached hydrogen (secondary N) is 1. The molecule has 92 valence electrons. The summed E-state index contributed by atoms with van der Waals surface area (Å²) in [6, 6.07) is 5.54. The lowest BCUT2D eigenvalue weighted by molar-refractivity contribution is -0.116. The summed E-state index contributed by atoms with van der Waals surface area (Å²) in [5.74, 6) is 0.778. The fourth-order valence-electron chi connectivity index (χ4n) is 1.69. The number of hydrogen-bond donors (Lipinski definition) is 2. The van der Waals surface area contributed by atoms with Crippen LogP contribution in [-0.2, 0) is 11.2 Å². The van der Waals surface area contributed by atoms with Crippen molar-refractivity contribution in [1.82, 2.24) is 0 Å². The van der Waals surface area contributed by atoms with Crippen LogP contribution in [0.1, 0.15) is 12.0 Å². The summed E-state index contributed by atoms with van der Waals surface area (Å²) in [5.41, 5.74) is 1.94. The highest BCUT2D eigenvalue weighted by atomic mass is 79.9. The van der Waals surface area contributed by atoms with E-state index in [-0.39, 0.29) is 12.5 Å². The summed E-state index contributed by atoms with van der Waals surface area (Å²) in [6.45, 7) is 0.260. The maximum atomic E-state index is 11.2. The molecular formula is C12H14BrNO3. The standard InChI is InChI=1S/C12H14BrNO3/c13-6-9(15)7-17-10-2-3-11-8(5-10)1-4-12(16)14-11/h2-3,5,9,15H,1,4,6-7H2,(H,14,16)/t9-/m1/s1. The molecule has 0 bridgehead atoms. The number of halogens is 1. The Morgan fingerprint density at radius 3 is 3.06 bits per heavy atom. The van der Waals surface area contributed by atoms with E-state index in [9.17, 15) is 9.90 Å². The van der Waals surface area contributed by atoms with Gasteiger partial charge < -0.3 is 15.2 Å². The van der Waals surface area contributed by atoms with Gasteiger partial charge in [-0.2, -0.15) is 0 Å². The Labute approximate surface area is 108 Å². The number of aliphatic hydroxyl groups excluding tert-OH is 1. The molecule has 2 N–H and O–H groups in total. The number of benzene rings is 1. The van der Waals surface area contributed by atoms with E-state index in [2.05, 4.69) is 21.2 Å². The van der Waals surface area contributed by atoms with E-state index in [1.165, 1.54) is 0 Å². The van der Waals surface area contributed by atoms with Crippen molar-refractivity contribution in [2.24, 2.45) is 0 Å². The lowest BCUT2D eigenvalue weighted by Crippen LogP contribution is -2.20. The van der Waals surface area contributed by atoms with Gasteiger partial charge in [0.05, 0.1) is 6.10 Å². The van der Waals surface area contributed by atoms with Gasteiger partial charge in [-0.05, 0) is 30.2 Å². The fraction of sp³-hybridized carbons (Fsp3) is 0.417. The molecule has 0 saturated carbocycles. The highest BCUT2D eigenvalue weighted by Crippen LogP contribution is 2.26. The number of aliphatic hydroxyl groups is 1. The summed E-state index contributed by atoms with van der Waals surface area (Å²) in [4.78, 5) is 11.2. The van der Waals surface area contributed by atoms with Gasteiger partial charge >= 0.3 is 0 Å². The van der Waals surface area contributed by atoms with Crippen molar-refractivity contribution < 1.29 is 14.6 Å². The molecule has 1 aromatic carbocycles. The summed E-state index contributed by atoms with van der Waals surface area (Å²) in [6.07, 6.45) is 0.741. The van der Waals surface area contributed by atoms with E-state index in [1.807, 2.05) is 12.1 Å². The normalized spacial score (nSPS) is 16.0. The average molecular weight is 300 g/mol. The van der Waals surface area contributed by atoms with Crippen molar-refractivity contribution in [2.75, 3.05) is 17.3 Å². The lowest BCUT2D eigenvalue weighted by atomic mass is 10.0. The second-order valence-electron chi connectivity index (χ2n) is 3.99. The van der Waals surface area contributed by atoms with Crippen molar-refractivity contribution in [3.05, 3.63) is 23.8 Å². The number of hydrogen-bond acceptors (Lipinski definition) is 3. The molecule has 1 aliphatic rings. The molecule has 2 rings (SSSR count). The molecule has 1 aromatic rings. The van der Waals surface area contributed by atoms with Crippen LogP contribution in [0.5, 0.6) is 5.75 Å². The van der Waals surface area contributed by atoms with Gasteiger partial charge in [0.1, 0.15) is 12.4 Å². The maximum Gasteiger partial charge on any atom is 0.224 e. The Balaban J connectivity index is 2.04. The number of anilines is 1. The zero-order valence-corrected chi connectivity index (χ0v) is 10.9. The Hall–Kier alpha value is -1.07. The average Bonchev–Trinajstić information content (AvgIpc) is 2.35. The van der Waals surface area contributed by atoms with Crippen molar-refractivity contribution >= 4 is 27.5 Å². The van der Waals surface area contributed by atoms with Gasteiger partial charge in [-0.1, -0.05) is 15.9 Å². The molecular weight excluding hydrogens is 286 g/mol. The minimum absolute atomic E-state index is 0.0564. The fourth-order valence-corrected chi connectivity index (χ4v) is 1.87. The first-order valence-corrected chi connectivity index (χ1v) is 6.61. The van der Waals surface area contributed by atoms with Crippen LogP contribution in [0, 0.1) is 0 Å². The van der Waals surface area contributed by atoms with Crippen LogP contribution in [0.2, 0.25) is 0 Å². The first kappa shape index (κ1) is 12.4. The van der Waals surface area contributed by atoms with Gasteiger partial charge in [-0.3, -0.25) is 4.79 Å². The van der Waals surface area contributed by atoms with Crippen molar-refractivity contribution in [3.8, 4) is 5.75 Å². The minimum atomic E-state index is -0.509. The highest BCUT2D eigenvalue weighted by molar-refractivity contribution is 9.09. The minimum Gasteiger partial charge on any atom is -0.491 e. The number of ether oxygens (including phenoxy) is 1. The number of carbonyl (C=O) groups excluding carboxylic acids is 1. The van der Waals surface area contributed by atoms with E-state index in [4.69, 9.17) is 4.74 Å². The quantitative estimate of drug-likeness (QED) is 0.832. The molecule has 1 atom stereocenters. The van der Waals surface area contributed by atoms with Gasteiger partial charge in [-0.25, -0.2) is 0 Å². The van der Waals surface area contributed by atoms with Crippen molar-refractivity contribution in [1.29, 1.82) is 0 Å². The summed E-state index contributed by atoms with van der Waals surface area (Å²) < 4.78 is 5.46. The topological polar surface area (TPSA) is 58.6 Å². The molecule has 17 heavy (non-hydrogen) atoms. The third-order valence-electron chi connectivity index (χ3n) is 2.59. The molecule has 1 heterocycles. The van der Waals surface area contributed by atoms with Crippen LogP contribution in [0.25, 0.3) is 0 Å². The zero-order valence-electron chi connectivity index (χ0n) is 9.28. The molecule has 1 amide bonds. The largest absolute Gasteiger partial charge is 0.491 e. The number of aryl methyl sites for hydroxylation is 1. The van der Waals surface area contributed by atoms with Crippen LogP contribution in [-0.4, -0.2) is 29.1 Å². The second kappa shape index (κ2) is 5.51. The van der Waals surface area contributed by atoms with E-state index in [1.54, 1.807) is 6.07 Å². The van der Waals surface area contributed by atoms with Crippen LogP contribution in [0.3, 0.4) is 0 Å². The predicted molar refractivity (Wildman–Crippen MR) is 68.7 cm³/mol. The van der Waals surface area contributed by atoms with Gasteiger partial charge in [0.25, 0.3) is 0 Å². The Morgan fingerprint density at radius 1 is 1.47 bits per heavy atom. The molecule has 1 aliphatic heterocycles. The molecule has 0 aliphatic carbocycles. The van der Waals surface area contributed by atoms with E-state index >= 15 is 0 Å². The van der Waals surface area contributed by atoms with E-state index in [0.29, 0.717) is 11.8 Å². The zero-order chi connectivity index (χ0) is 12.3. The van der Waals surface area contributed by atoms with Crippen LogP contribution in [0.15, 0.2) is 18.2 Å². The summed E-state index contributed by atoms with van der Waals surface area (Å²) >= 11 is 3.18. The van der Waals surface area contributed by atoms with Crippen molar-refractivity contribution in [3.63, 3.8) is 0 Å². The molecule has 0 radical (unpaired) electrons. The van der Waals surface area contributed by atoms with E-state index in [0.717, 1.165) is 23.4 Å².